The number of fused-ring (bicyclic) bond motifs is 1. The maximum absolute atomic E-state index is 12.3. The second kappa shape index (κ2) is 5.66. The SMILES string of the molecule is COc1ccccc1-c1nc2c(cnn2-c2ccccc2)c(=O)o1. The van der Waals surface area contributed by atoms with Crippen molar-refractivity contribution < 1.29 is 9.15 Å². The van der Waals surface area contributed by atoms with Gasteiger partial charge in [0, 0.05) is 0 Å². The highest BCUT2D eigenvalue weighted by atomic mass is 16.5. The van der Waals surface area contributed by atoms with Crippen LogP contribution in [0, 0.1) is 0 Å². The van der Waals surface area contributed by atoms with Crippen molar-refractivity contribution in [3.8, 4) is 22.9 Å². The lowest BCUT2D eigenvalue weighted by molar-refractivity contribution is 0.413. The molecule has 0 fully saturated rings. The van der Waals surface area contributed by atoms with Crippen LogP contribution in [0.15, 0.2) is 70.0 Å². The molecule has 0 radical (unpaired) electrons. The van der Waals surface area contributed by atoms with Gasteiger partial charge in [-0.05, 0) is 24.3 Å². The van der Waals surface area contributed by atoms with Crippen molar-refractivity contribution in [2.24, 2.45) is 0 Å². The summed E-state index contributed by atoms with van der Waals surface area (Å²) in [7, 11) is 1.56. The first-order valence-corrected chi connectivity index (χ1v) is 7.35. The molecule has 6 nitrogen and oxygen atoms in total. The van der Waals surface area contributed by atoms with Crippen LogP contribution in [0.2, 0.25) is 0 Å². The molecule has 0 saturated carbocycles. The molecule has 0 N–H and O–H groups in total. The Labute approximate surface area is 136 Å². The second-order valence-corrected chi connectivity index (χ2v) is 5.14. The first-order chi connectivity index (χ1) is 11.8. The van der Waals surface area contributed by atoms with Gasteiger partial charge in [0.15, 0.2) is 5.65 Å². The lowest BCUT2D eigenvalue weighted by Crippen LogP contribution is -2.05. The molecule has 2 aromatic carbocycles. The van der Waals surface area contributed by atoms with Gasteiger partial charge in [-0.25, -0.2) is 9.48 Å². The van der Waals surface area contributed by atoms with E-state index in [-0.39, 0.29) is 5.89 Å². The number of aromatic nitrogens is 3. The first kappa shape index (κ1) is 14.2. The molecule has 0 aliphatic heterocycles. The fourth-order valence-electron chi connectivity index (χ4n) is 2.55. The maximum atomic E-state index is 12.3. The van der Waals surface area contributed by atoms with Crippen molar-refractivity contribution in [1.29, 1.82) is 0 Å². The molecular weight excluding hydrogens is 306 g/mol. The summed E-state index contributed by atoms with van der Waals surface area (Å²) in [5.74, 6) is 0.779. The molecule has 4 rings (SSSR count). The van der Waals surface area contributed by atoms with Gasteiger partial charge in [0.05, 0.1) is 24.6 Å². The highest BCUT2D eigenvalue weighted by molar-refractivity contribution is 5.77. The van der Waals surface area contributed by atoms with Gasteiger partial charge in [-0.1, -0.05) is 30.3 Å². The zero-order chi connectivity index (χ0) is 16.5. The molecule has 2 heterocycles. The predicted octanol–water partition coefficient (Wildman–Crippen LogP) is 3.05. The Balaban J connectivity index is 1.98. The normalized spacial score (nSPS) is 10.9. The molecule has 0 aliphatic carbocycles. The molecular formula is C18H13N3O3. The zero-order valence-corrected chi connectivity index (χ0v) is 12.8. The van der Waals surface area contributed by atoms with E-state index < -0.39 is 5.63 Å². The van der Waals surface area contributed by atoms with Crippen molar-refractivity contribution in [2.75, 3.05) is 7.11 Å². The summed E-state index contributed by atoms with van der Waals surface area (Å²) in [6.45, 7) is 0. The van der Waals surface area contributed by atoms with Crippen LogP contribution in [0.1, 0.15) is 0 Å². The van der Waals surface area contributed by atoms with Gasteiger partial charge in [-0.3, -0.25) is 0 Å². The van der Waals surface area contributed by atoms with Crippen LogP contribution in [0.25, 0.3) is 28.2 Å². The summed E-state index contributed by atoms with van der Waals surface area (Å²) in [5.41, 5.74) is 1.39. The van der Waals surface area contributed by atoms with E-state index in [4.69, 9.17) is 9.15 Å². The average molecular weight is 319 g/mol. The molecule has 4 aromatic rings. The number of nitrogens with zero attached hydrogens (tertiary/aromatic N) is 3. The molecule has 2 aromatic heterocycles. The summed E-state index contributed by atoms with van der Waals surface area (Å²) in [5, 5.41) is 4.60. The van der Waals surface area contributed by atoms with Gasteiger partial charge in [0.2, 0.25) is 5.89 Å². The molecule has 6 heteroatoms. The van der Waals surface area contributed by atoms with Crippen molar-refractivity contribution in [1.82, 2.24) is 14.8 Å². The number of hydrogen-bond donors (Lipinski definition) is 0. The van der Waals surface area contributed by atoms with Crippen molar-refractivity contribution >= 4 is 11.0 Å². The Morgan fingerprint density at radius 2 is 1.79 bits per heavy atom. The molecule has 24 heavy (non-hydrogen) atoms. The molecule has 0 saturated heterocycles. The summed E-state index contributed by atoms with van der Waals surface area (Å²) in [4.78, 5) is 16.8. The number of methoxy groups -OCH3 is 1. The van der Waals surface area contributed by atoms with Crippen molar-refractivity contribution in [2.45, 2.75) is 0 Å². The molecule has 0 amide bonds. The monoisotopic (exact) mass is 319 g/mol. The third-order valence-electron chi connectivity index (χ3n) is 3.70. The first-order valence-electron chi connectivity index (χ1n) is 7.35. The molecule has 118 valence electrons. The molecule has 0 atom stereocenters. The fourth-order valence-corrected chi connectivity index (χ4v) is 2.55. The van der Waals surface area contributed by atoms with Gasteiger partial charge in [-0.15, -0.1) is 0 Å². The van der Waals surface area contributed by atoms with Gasteiger partial charge in [0.25, 0.3) is 0 Å². The van der Waals surface area contributed by atoms with E-state index in [0.29, 0.717) is 22.3 Å². The molecule has 0 aliphatic rings. The zero-order valence-electron chi connectivity index (χ0n) is 12.8. The molecule has 0 bridgehead atoms. The number of benzene rings is 2. The van der Waals surface area contributed by atoms with Crippen LogP contribution in [0.5, 0.6) is 5.75 Å². The molecule has 0 unspecified atom stereocenters. The Hall–Kier alpha value is -3.41. The smallest absolute Gasteiger partial charge is 0.350 e. The van der Waals surface area contributed by atoms with E-state index in [1.165, 1.54) is 6.20 Å². The summed E-state index contributed by atoms with van der Waals surface area (Å²) in [6, 6.07) is 16.7. The second-order valence-electron chi connectivity index (χ2n) is 5.14. The van der Waals surface area contributed by atoms with E-state index in [9.17, 15) is 4.79 Å². The number of para-hydroxylation sites is 2. The minimum Gasteiger partial charge on any atom is -0.496 e. The highest BCUT2D eigenvalue weighted by Gasteiger charge is 2.16. The van der Waals surface area contributed by atoms with Gasteiger partial charge < -0.3 is 9.15 Å². The van der Waals surface area contributed by atoms with Crippen LogP contribution in [-0.4, -0.2) is 21.9 Å². The predicted molar refractivity (Wildman–Crippen MR) is 89.4 cm³/mol. The topological polar surface area (TPSA) is 70.2 Å². The maximum Gasteiger partial charge on any atom is 0.350 e. The number of hydrogen-bond acceptors (Lipinski definition) is 5. The van der Waals surface area contributed by atoms with Crippen LogP contribution in [0.3, 0.4) is 0 Å². The Bertz CT molecular complexity index is 1070. The average Bonchev–Trinajstić information content (AvgIpc) is 3.07. The van der Waals surface area contributed by atoms with E-state index in [0.717, 1.165) is 5.69 Å². The highest BCUT2D eigenvalue weighted by Crippen LogP contribution is 2.28. The van der Waals surface area contributed by atoms with Gasteiger partial charge >= 0.3 is 5.63 Å². The Morgan fingerprint density at radius 3 is 2.58 bits per heavy atom. The summed E-state index contributed by atoms with van der Waals surface area (Å²) < 4.78 is 12.3. The van der Waals surface area contributed by atoms with E-state index in [1.807, 2.05) is 42.5 Å². The van der Waals surface area contributed by atoms with Crippen LogP contribution in [0.4, 0.5) is 0 Å². The number of ether oxygens (including phenoxy) is 1. The third kappa shape index (κ3) is 2.25. The van der Waals surface area contributed by atoms with Gasteiger partial charge in [-0.2, -0.15) is 10.1 Å². The third-order valence-corrected chi connectivity index (χ3v) is 3.70. The Morgan fingerprint density at radius 1 is 1.04 bits per heavy atom. The van der Waals surface area contributed by atoms with Crippen LogP contribution in [-0.2, 0) is 0 Å². The fraction of sp³-hybridized carbons (Fsp3) is 0.0556. The van der Waals surface area contributed by atoms with Crippen LogP contribution < -0.4 is 10.4 Å². The van der Waals surface area contributed by atoms with E-state index in [1.54, 1.807) is 23.9 Å². The molecule has 0 spiro atoms. The lowest BCUT2D eigenvalue weighted by Gasteiger charge is -2.07. The van der Waals surface area contributed by atoms with Crippen molar-refractivity contribution in [3.05, 3.63) is 71.2 Å². The van der Waals surface area contributed by atoms with Crippen LogP contribution >= 0.6 is 0 Å². The summed E-state index contributed by atoms with van der Waals surface area (Å²) in [6.07, 6.45) is 1.47. The quantitative estimate of drug-likeness (QED) is 0.580. The lowest BCUT2D eigenvalue weighted by atomic mass is 10.2. The minimum atomic E-state index is -0.483. The van der Waals surface area contributed by atoms with E-state index >= 15 is 0 Å². The standard InChI is InChI=1S/C18H13N3O3/c1-23-15-10-6-5-9-13(15)17-20-16-14(18(22)24-17)11-19-21(16)12-7-3-2-4-8-12/h2-11H,1H3. The van der Waals surface area contributed by atoms with E-state index in [2.05, 4.69) is 10.1 Å². The Kier molecular flexibility index (Phi) is 3.35. The van der Waals surface area contributed by atoms with Gasteiger partial charge in [0.1, 0.15) is 11.1 Å². The summed E-state index contributed by atoms with van der Waals surface area (Å²) >= 11 is 0. The largest absolute Gasteiger partial charge is 0.496 e. The number of rotatable bonds is 3. The van der Waals surface area contributed by atoms with Crippen molar-refractivity contribution in [3.63, 3.8) is 0 Å². The minimum absolute atomic E-state index is 0.197.